The topological polar surface area (TPSA) is 55.8 Å². The van der Waals surface area contributed by atoms with Crippen LogP contribution in [-0.2, 0) is 4.79 Å². The maximum Gasteiger partial charge on any atom is 0.336 e. The summed E-state index contributed by atoms with van der Waals surface area (Å²) in [6.07, 6.45) is 1.63. The van der Waals surface area contributed by atoms with Gasteiger partial charge in [-0.25, -0.2) is 4.79 Å². The van der Waals surface area contributed by atoms with Crippen LogP contribution in [-0.4, -0.2) is 25.3 Å². The molecule has 0 aliphatic carbocycles. The number of benzene rings is 2. The van der Waals surface area contributed by atoms with E-state index in [9.17, 15) is 9.90 Å². The van der Waals surface area contributed by atoms with Crippen molar-refractivity contribution in [3.8, 4) is 11.5 Å². The van der Waals surface area contributed by atoms with Crippen molar-refractivity contribution in [3.63, 3.8) is 0 Å². The van der Waals surface area contributed by atoms with Crippen molar-refractivity contribution >= 4 is 17.6 Å². The van der Waals surface area contributed by atoms with Crippen LogP contribution in [0.5, 0.6) is 11.5 Å². The first-order valence-electron chi connectivity index (χ1n) is 7.74. The summed E-state index contributed by atoms with van der Waals surface area (Å²) in [5.41, 5.74) is 2.55. The van der Waals surface area contributed by atoms with E-state index < -0.39 is 5.97 Å². The minimum absolute atomic E-state index is 0.219. The molecule has 0 bridgehead atoms. The Morgan fingerprint density at radius 2 is 1.58 bits per heavy atom. The van der Waals surface area contributed by atoms with Crippen molar-refractivity contribution in [3.05, 3.63) is 59.2 Å². The summed E-state index contributed by atoms with van der Waals surface area (Å²) in [6.45, 7) is 4.12. The van der Waals surface area contributed by atoms with E-state index in [4.69, 9.17) is 9.47 Å². The van der Waals surface area contributed by atoms with Crippen LogP contribution in [0.2, 0.25) is 0 Å². The van der Waals surface area contributed by atoms with Gasteiger partial charge in [-0.05, 0) is 35.3 Å². The Kier molecular flexibility index (Phi) is 5.64. The van der Waals surface area contributed by atoms with Gasteiger partial charge in [0, 0.05) is 5.56 Å². The number of ether oxygens (including phenoxy) is 2. The van der Waals surface area contributed by atoms with Crippen LogP contribution in [0, 0.1) is 0 Å². The maximum absolute atomic E-state index is 11.7. The maximum atomic E-state index is 11.7. The average Bonchev–Trinajstić information content (AvgIpc) is 2.58. The summed E-state index contributed by atoms with van der Waals surface area (Å²) in [5, 5.41) is 9.55. The number of hydrogen-bond acceptors (Lipinski definition) is 3. The second-order valence-corrected chi connectivity index (χ2v) is 5.72. The molecule has 0 aliphatic rings. The molecule has 2 rings (SSSR count). The van der Waals surface area contributed by atoms with Gasteiger partial charge in [-0.2, -0.15) is 0 Å². The van der Waals surface area contributed by atoms with Crippen LogP contribution in [0.4, 0.5) is 0 Å². The second-order valence-electron chi connectivity index (χ2n) is 5.72. The van der Waals surface area contributed by atoms with Crippen molar-refractivity contribution in [1.29, 1.82) is 0 Å². The van der Waals surface area contributed by atoms with Crippen LogP contribution in [0.15, 0.2) is 42.5 Å². The van der Waals surface area contributed by atoms with Crippen LogP contribution < -0.4 is 9.47 Å². The van der Waals surface area contributed by atoms with Crippen molar-refractivity contribution in [2.24, 2.45) is 0 Å². The van der Waals surface area contributed by atoms with Crippen molar-refractivity contribution in [2.75, 3.05) is 14.2 Å². The number of carboxylic acid groups (broad SMARTS) is 1. The molecule has 0 fully saturated rings. The van der Waals surface area contributed by atoms with E-state index in [2.05, 4.69) is 13.8 Å². The molecular weight excluding hydrogens is 304 g/mol. The van der Waals surface area contributed by atoms with Crippen LogP contribution in [0.3, 0.4) is 0 Å². The number of methoxy groups -OCH3 is 2. The highest BCUT2D eigenvalue weighted by Gasteiger charge is 2.16. The van der Waals surface area contributed by atoms with Gasteiger partial charge in [0.25, 0.3) is 0 Å². The van der Waals surface area contributed by atoms with E-state index in [1.54, 1.807) is 32.4 Å². The molecule has 126 valence electrons. The summed E-state index contributed by atoms with van der Waals surface area (Å²) >= 11 is 0. The first-order chi connectivity index (χ1) is 11.5. The Labute approximate surface area is 142 Å². The lowest BCUT2D eigenvalue weighted by Crippen LogP contribution is -2.01. The Morgan fingerprint density at radius 3 is 2.00 bits per heavy atom. The molecule has 1 N–H and O–H groups in total. The van der Waals surface area contributed by atoms with E-state index in [1.807, 2.05) is 30.3 Å². The highest BCUT2D eigenvalue weighted by Crippen LogP contribution is 2.37. The van der Waals surface area contributed by atoms with Crippen molar-refractivity contribution in [2.45, 2.75) is 19.8 Å². The van der Waals surface area contributed by atoms with Gasteiger partial charge in [-0.1, -0.05) is 44.2 Å². The van der Waals surface area contributed by atoms with Gasteiger partial charge in [0.05, 0.1) is 19.8 Å². The predicted octanol–water partition coefficient (Wildman–Crippen LogP) is 4.45. The average molecular weight is 326 g/mol. The fraction of sp³-hybridized carbons (Fsp3) is 0.250. The number of aliphatic carboxylic acids is 1. The lowest BCUT2D eigenvalue weighted by molar-refractivity contribution is -0.130. The Bertz CT molecular complexity index is 720. The summed E-state index contributed by atoms with van der Waals surface area (Å²) in [4.78, 5) is 11.7. The molecule has 0 amide bonds. The fourth-order valence-electron chi connectivity index (χ4n) is 2.66. The molecular formula is C20H22O4. The van der Waals surface area contributed by atoms with Crippen LogP contribution in [0.25, 0.3) is 11.6 Å². The number of rotatable bonds is 6. The zero-order chi connectivity index (χ0) is 17.7. The summed E-state index contributed by atoms with van der Waals surface area (Å²) < 4.78 is 11.0. The van der Waals surface area contributed by atoms with Crippen LogP contribution in [0.1, 0.15) is 36.5 Å². The van der Waals surface area contributed by atoms with Crippen molar-refractivity contribution < 1.29 is 19.4 Å². The number of hydrogen-bond donors (Lipinski definition) is 1. The van der Waals surface area contributed by atoms with E-state index in [1.165, 1.54) is 0 Å². The third-order valence-electron chi connectivity index (χ3n) is 3.77. The molecule has 0 unspecified atom stereocenters. The van der Waals surface area contributed by atoms with Gasteiger partial charge in [0.1, 0.15) is 11.5 Å². The molecule has 0 aromatic heterocycles. The van der Waals surface area contributed by atoms with Gasteiger partial charge < -0.3 is 14.6 Å². The summed E-state index contributed by atoms with van der Waals surface area (Å²) in [6, 6.07) is 12.7. The van der Waals surface area contributed by atoms with E-state index in [0.29, 0.717) is 22.6 Å². The van der Waals surface area contributed by atoms with Gasteiger partial charge in [0.2, 0.25) is 0 Å². The Balaban J connectivity index is 2.60. The molecule has 0 saturated carbocycles. The lowest BCUT2D eigenvalue weighted by atomic mass is 9.97. The highest BCUT2D eigenvalue weighted by molar-refractivity contribution is 6.20. The third kappa shape index (κ3) is 3.77. The highest BCUT2D eigenvalue weighted by atomic mass is 16.5. The number of carboxylic acids is 1. The predicted molar refractivity (Wildman–Crippen MR) is 95.6 cm³/mol. The van der Waals surface area contributed by atoms with Gasteiger partial charge in [-0.3, -0.25) is 0 Å². The quantitative estimate of drug-likeness (QED) is 0.629. The van der Waals surface area contributed by atoms with E-state index >= 15 is 0 Å². The first kappa shape index (κ1) is 17.6. The molecule has 0 spiro atoms. The molecule has 0 atom stereocenters. The zero-order valence-corrected chi connectivity index (χ0v) is 14.4. The van der Waals surface area contributed by atoms with E-state index in [-0.39, 0.29) is 11.5 Å². The van der Waals surface area contributed by atoms with Gasteiger partial charge in [-0.15, -0.1) is 0 Å². The smallest absolute Gasteiger partial charge is 0.336 e. The largest absolute Gasteiger partial charge is 0.496 e. The molecule has 0 heterocycles. The first-order valence-corrected chi connectivity index (χ1v) is 7.74. The van der Waals surface area contributed by atoms with Crippen LogP contribution >= 0.6 is 0 Å². The van der Waals surface area contributed by atoms with E-state index in [0.717, 1.165) is 5.56 Å². The SMILES string of the molecule is COc1cc(/C=C(/C(=O)O)c2ccccc2)cc(OC)c1C(C)C. The minimum Gasteiger partial charge on any atom is -0.496 e. The van der Waals surface area contributed by atoms with Gasteiger partial charge in [0.15, 0.2) is 0 Å². The zero-order valence-electron chi connectivity index (χ0n) is 14.4. The monoisotopic (exact) mass is 326 g/mol. The lowest BCUT2D eigenvalue weighted by Gasteiger charge is -2.17. The molecule has 4 heteroatoms. The van der Waals surface area contributed by atoms with Crippen molar-refractivity contribution in [1.82, 2.24) is 0 Å². The van der Waals surface area contributed by atoms with Gasteiger partial charge >= 0.3 is 5.97 Å². The summed E-state index contributed by atoms with van der Waals surface area (Å²) in [5.74, 6) is 0.620. The fourth-order valence-corrected chi connectivity index (χ4v) is 2.66. The minimum atomic E-state index is -0.980. The second kappa shape index (κ2) is 7.68. The molecule has 0 aliphatic heterocycles. The molecule has 24 heavy (non-hydrogen) atoms. The Morgan fingerprint density at radius 1 is 1.04 bits per heavy atom. The molecule has 4 nitrogen and oxygen atoms in total. The molecule has 0 saturated heterocycles. The molecule has 2 aromatic carbocycles. The molecule has 2 aromatic rings. The normalized spacial score (nSPS) is 11.5. The summed E-state index contributed by atoms with van der Waals surface area (Å²) in [7, 11) is 3.20. The standard InChI is InChI=1S/C20H22O4/c1-13(2)19-17(23-3)11-14(12-18(19)24-4)10-16(20(21)22)15-8-6-5-7-9-15/h5-13H,1-4H3,(H,21,22)/b16-10+. The Hall–Kier alpha value is -2.75. The number of carbonyl (C=O) groups is 1. The molecule has 0 radical (unpaired) electrons. The third-order valence-corrected chi connectivity index (χ3v) is 3.77.